The van der Waals surface area contributed by atoms with E-state index < -0.39 is 15.3 Å². The summed E-state index contributed by atoms with van der Waals surface area (Å²) in [6.45, 7) is 0. The van der Waals surface area contributed by atoms with Gasteiger partial charge in [0.15, 0.2) is 9.84 Å². The monoisotopic (exact) mass is 372 g/mol. The molecule has 7 heteroatoms. The lowest BCUT2D eigenvalue weighted by Crippen LogP contribution is -2.37. The summed E-state index contributed by atoms with van der Waals surface area (Å²) < 4.78 is 36.9. The van der Waals surface area contributed by atoms with Crippen molar-refractivity contribution in [3.8, 4) is 0 Å². The number of sulfone groups is 1. The smallest absolute Gasteiger partial charge is 0.150 e. The van der Waals surface area contributed by atoms with Crippen molar-refractivity contribution in [3.05, 3.63) is 34.6 Å². The van der Waals surface area contributed by atoms with Crippen molar-refractivity contribution in [1.82, 2.24) is 0 Å². The molecule has 0 aromatic heterocycles. The summed E-state index contributed by atoms with van der Waals surface area (Å²) in [5.41, 5.74) is 0.0201. The maximum atomic E-state index is 13.4. The summed E-state index contributed by atoms with van der Waals surface area (Å²) in [5, 5.41) is 0.442. The summed E-state index contributed by atoms with van der Waals surface area (Å²) in [4.78, 5) is 0. The van der Waals surface area contributed by atoms with Crippen molar-refractivity contribution in [2.24, 2.45) is 11.3 Å². The quantitative estimate of drug-likeness (QED) is 0.733. The first-order valence-electron chi connectivity index (χ1n) is 6.58. The predicted octanol–water partition coefficient (Wildman–Crippen LogP) is 3.92. The van der Waals surface area contributed by atoms with Crippen LogP contribution in [-0.2, 0) is 16.3 Å². The van der Waals surface area contributed by atoms with Gasteiger partial charge in [0.2, 0.25) is 0 Å². The van der Waals surface area contributed by atoms with E-state index in [1.54, 1.807) is 0 Å². The van der Waals surface area contributed by atoms with Crippen molar-refractivity contribution in [2.75, 3.05) is 23.3 Å². The van der Waals surface area contributed by atoms with E-state index in [4.69, 9.17) is 34.8 Å². The molecular formula is C14H16Cl3FO2S. The van der Waals surface area contributed by atoms with Gasteiger partial charge in [-0.3, -0.25) is 0 Å². The van der Waals surface area contributed by atoms with Crippen molar-refractivity contribution >= 4 is 44.6 Å². The van der Waals surface area contributed by atoms with Crippen LogP contribution < -0.4 is 0 Å². The molecule has 0 radical (unpaired) electrons. The second-order valence-electron chi connectivity index (χ2n) is 5.64. The molecule has 1 aromatic carbocycles. The van der Waals surface area contributed by atoms with Gasteiger partial charge in [0.25, 0.3) is 0 Å². The summed E-state index contributed by atoms with van der Waals surface area (Å²) in [6, 6.07) is 4.14. The van der Waals surface area contributed by atoms with E-state index in [0.717, 1.165) is 0 Å². The van der Waals surface area contributed by atoms with Crippen molar-refractivity contribution in [1.29, 1.82) is 0 Å². The second-order valence-corrected chi connectivity index (χ2v) is 8.81. The molecule has 1 unspecified atom stereocenters. The fourth-order valence-electron chi connectivity index (χ4n) is 2.83. The molecule has 1 aromatic rings. The van der Waals surface area contributed by atoms with E-state index in [1.807, 2.05) is 0 Å². The van der Waals surface area contributed by atoms with Gasteiger partial charge < -0.3 is 0 Å². The van der Waals surface area contributed by atoms with E-state index in [-0.39, 0.29) is 35.0 Å². The largest absolute Gasteiger partial charge is 0.229 e. The second kappa shape index (κ2) is 6.61. The van der Waals surface area contributed by atoms with Gasteiger partial charge in [-0.2, -0.15) is 0 Å². The molecule has 1 heterocycles. The molecule has 118 valence electrons. The lowest BCUT2D eigenvalue weighted by atomic mass is 9.73. The van der Waals surface area contributed by atoms with Crippen LogP contribution in [0.2, 0.25) is 5.02 Å². The van der Waals surface area contributed by atoms with Crippen LogP contribution in [0.25, 0.3) is 0 Å². The van der Waals surface area contributed by atoms with Gasteiger partial charge in [-0.25, -0.2) is 12.8 Å². The average molecular weight is 374 g/mol. The number of hydrogen-bond acceptors (Lipinski definition) is 2. The number of benzene rings is 1. The van der Waals surface area contributed by atoms with Gasteiger partial charge in [-0.05, 0) is 42.5 Å². The highest BCUT2D eigenvalue weighted by atomic mass is 35.5. The Morgan fingerprint density at radius 2 is 1.95 bits per heavy atom. The zero-order valence-electron chi connectivity index (χ0n) is 11.3. The highest BCUT2D eigenvalue weighted by Crippen LogP contribution is 2.42. The van der Waals surface area contributed by atoms with Crippen LogP contribution in [0, 0.1) is 17.2 Å². The Morgan fingerprint density at radius 3 is 2.48 bits per heavy atom. The van der Waals surface area contributed by atoms with Crippen LogP contribution >= 0.6 is 34.8 Å². The molecule has 0 bridgehead atoms. The minimum absolute atomic E-state index is 0.0827. The summed E-state index contributed by atoms with van der Waals surface area (Å²) >= 11 is 18.4. The van der Waals surface area contributed by atoms with Gasteiger partial charge in [-0.15, -0.1) is 23.2 Å². The number of halogens is 4. The van der Waals surface area contributed by atoms with Crippen LogP contribution in [0.3, 0.4) is 0 Å². The molecule has 0 aliphatic carbocycles. The van der Waals surface area contributed by atoms with Gasteiger partial charge in [-0.1, -0.05) is 11.6 Å². The van der Waals surface area contributed by atoms with Gasteiger partial charge in [0, 0.05) is 22.2 Å². The molecule has 0 N–H and O–H groups in total. The molecule has 0 amide bonds. The Bertz CT molecular complexity index is 615. The summed E-state index contributed by atoms with van der Waals surface area (Å²) in [5.74, 6) is 0.152. The number of rotatable bonds is 5. The Balaban J connectivity index is 2.32. The molecular weight excluding hydrogens is 358 g/mol. The zero-order valence-corrected chi connectivity index (χ0v) is 14.4. The zero-order chi connectivity index (χ0) is 15.7. The molecule has 1 atom stereocenters. The van der Waals surface area contributed by atoms with E-state index in [9.17, 15) is 12.8 Å². The fourth-order valence-corrected chi connectivity index (χ4v) is 5.87. The first kappa shape index (κ1) is 17.3. The molecule has 2 rings (SSSR count). The van der Waals surface area contributed by atoms with Crippen LogP contribution in [0.4, 0.5) is 4.39 Å². The van der Waals surface area contributed by atoms with Crippen molar-refractivity contribution < 1.29 is 12.8 Å². The Kier molecular flexibility index (Phi) is 5.45. The standard InChI is InChI=1S/C14H16Cl3FO2S/c15-8-14(9-16,11-3-4-21(19,20)7-11)6-10-5-12(18)1-2-13(10)17/h1-2,5,11H,3-4,6-9H2. The van der Waals surface area contributed by atoms with E-state index in [2.05, 4.69) is 0 Å². The van der Waals surface area contributed by atoms with Crippen molar-refractivity contribution in [3.63, 3.8) is 0 Å². The topological polar surface area (TPSA) is 34.1 Å². The highest BCUT2D eigenvalue weighted by molar-refractivity contribution is 7.91. The molecule has 1 saturated heterocycles. The Morgan fingerprint density at radius 1 is 1.29 bits per heavy atom. The van der Waals surface area contributed by atoms with E-state index >= 15 is 0 Å². The van der Waals surface area contributed by atoms with E-state index in [0.29, 0.717) is 23.4 Å². The minimum atomic E-state index is -3.03. The Labute approximate surface area is 139 Å². The first-order valence-corrected chi connectivity index (χ1v) is 9.85. The van der Waals surface area contributed by atoms with Gasteiger partial charge >= 0.3 is 0 Å². The SMILES string of the molecule is O=S1(=O)CCC(C(CCl)(CCl)Cc2cc(F)ccc2Cl)C1. The van der Waals surface area contributed by atoms with Crippen molar-refractivity contribution in [2.45, 2.75) is 12.8 Å². The third-order valence-corrected chi connectivity index (χ3v) is 7.38. The maximum absolute atomic E-state index is 13.4. The summed E-state index contributed by atoms with van der Waals surface area (Å²) in [7, 11) is -3.03. The molecule has 1 aliphatic heterocycles. The Hall–Kier alpha value is -0.0300. The third kappa shape index (κ3) is 3.84. The first-order chi connectivity index (χ1) is 9.82. The van der Waals surface area contributed by atoms with Gasteiger partial charge in [0.05, 0.1) is 11.5 Å². The lowest BCUT2D eigenvalue weighted by Gasteiger charge is -2.35. The van der Waals surface area contributed by atoms with Crippen LogP contribution in [0.15, 0.2) is 18.2 Å². The molecule has 0 saturated carbocycles. The summed E-state index contributed by atoms with van der Waals surface area (Å²) in [6.07, 6.45) is 0.908. The fraction of sp³-hybridized carbons (Fsp3) is 0.571. The molecule has 21 heavy (non-hydrogen) atoms. The average Bonchev–Trinajstić information content (AvgIpc) is 2.81. The van der Waals surface area contributed by atoms with Gasteiger partial charge in [0.1, 0.15) is 5.82 Å². The third-order valence-electron chi connectivity index (χ3n) is 4.18. The lowest BCUT2D eigenvalue weighted by molar-refractivity contribution is 0.244. The van der Waals surface area contributed by atoms with Crippen LogP contribution in [0.5, 0.6) is 0 Å². The number of hydrogen-bond donors (Lipinski definition) is 0. The van der Waals surface area contributed by atoms with Crippen LogP contribution in [-0.4, -0.2) is 31.7 Å². The van der Waals surface area contributed by atoms with E-state index in [1.165, 1.54) is 18.2 Å². The molecule has 0 spiro atoms. The minimum Gasteiger partial charge on any atom is -0.229 e. The predicted molar refractivity (Wildman–Crippen MR) is 85.7 cm³/mol. The maximum Gasteiger partial charge on any atom is 0.150 e. The van der Waals surface area contributed by atoms with Crippen LogP contribution in [0.1, 0.15) is 12.0 Å². The molecule has 2 nitrogen and oxygen atoms in total. The molecule has 1 aliphatic rings. The normalized spacial score (nSPS) is 21.6. The number of alkyl halides is 2. The molecule has 1 fully saturated rings. The highest BCUT2D eigenvalue weighted by Gasteiger charge is 2.44.